The predicted octanol–water partition coefficient (Wildman–Crippen LogP) is 3.28. The molecule has 0 radical (unpaired) electrons. The zero-order valence-electron chi connectivity index (χ0n) is 12.7. The van der Waals surface area contributed by atoms with E-state index in [0.717, 1.165) is 13.1 Å². The van der Waals surface area contributed by atoms with E-state index in [0.29, 0.717) is 12.1 Å². The number of nitrogens with zero attached hydrogens (tertiary/aromatic N) is 2. The number of aryl methyl sites for hydroxylation is 2. The Balaban J connectivity index is 2.06. The molecule has 4 heteroatoms. The third-order valence-corrected chi connectivity index (χ3v) is 4.91. The summed E-state index contributed by atoms with van der Waals surface area (Å²) in [6.07, 6.45) is 3.86. The maximum Gasteiger partial charge on any atom is 0.0900 e. The molecule has 0 saturated carbocycles. The lowest BCUT2D eigenvalue weighted by molar-refractivity contribution is 0.189. The van der Waals surface area contributed by atoms with Crippen molar-refractivity contribution in [1.82, 2.24) is 15.2 Å². The molecule has 1 fully saturated rings. The molecule has 0 bridgehead atoms. The minimum atomic E-state index is 0.437. The Morgan fingerprint density at radius 3 is 2.79 bits per heavy atom. The second-order valence-corrected chi connectivity index (χ2v) is 7.05. The van der Waals surface area contributed by atoms with Crippen molar-refractivity contribution in [1.29, 1.82) is 0 Å². The highest BCUT2D eigenvalue weighted by molar-refractivity contribution is 7.11. The molecule has 1 aliphatic heterocycles. The van der Waals surface area contributed by atoms with E-state index in [9.17, 15) is 0 Å². The van der Waals surface area contributed by atoms with Crippen molar-refractivity contribution in [3.05, 3.63) is 15.6 Å². The van der Waals surface area contributed by atoms with Gasteiger partial charge in [-0.1, -0.05) is 6.92 Å². The second kappa shape index (κ2) is 6.82. The molecule has 2 unspecified atom stereocenters. The van der Waals surface area contributed by atoms with Crippen LogP contribution in [0.15, 0.2) is 0 Å². The zero-order chi connectivity index (χ0) is 13.8. The van der Waals surface area contributed by atoms with E-state index in [-0.39, 0.29) is 0 Å². The van der Waals surface area contributed by atoms with Crippen LogP contribution in [-0.4, -0.2) is 35.6 Å². The van der Waals surface area contributed by atoms with Gasteiger partial charge in [0.05, 0.1) is 16.7 Å². The Morgan fingerprint density at radius 2 is 2.26 bits per heavy atom. The van der Waals surface area contributed by atoms with Gasteiger partial charge in [-0.3, -0.25) is 4.90 Å². The number of thiazole rings is 1. The molecule has 1 aromatic rings. The largest absolute Gasteiger partial charge is 0.313 e. The first-order chi connectivity index (χ1) is 9.11. The Labute approximate surface area is 121 Å². The monoisotopic (exact) mass is 281 g/mol. The molecule has 1 saturated heterocycles. The van der Waals surface area contributed by atoms with Gasteiger partial charge in [-0.05, 0) is 53.1 Å². The summed E-state index contributed by atoms with van der Waals surface area (Å²) in [6.45, 7) is 12.4. The maximum absolute atomic E-state index is 4.74. The molecular weight excluding hydrogens is 254 g/mol. The number of hydrogen-bond acceptors (Lipinski definition) is 4. The van der Waals surface area contributed by atoms with Crippen molar-refractivity contribution in [2.75, 3.05) is 19.6 Å². The Morgan fingerprint density at radius 1 is 1.47 bits per heavy atom. The third kappa shape index (κ3) is 3.77. The van der Waals surface area contributed by atoms with Gasteiger partial charge < -0.3 is 5.32 Å². The van der Waals surface area contributed by atoms with E-state index in [4.69, 9.17) is 4.98 Å². The summed E-state index contributed by atoms with van der Waals surface area (Å²) >= 11 is 1.82. The van der Waals surface area contributed by atoms with Crippen LogP contribution >= 0.6 is 11.3 Å². The van der Waals surface area contributed by atoms with Crippen LogP contribution in [0.5, 0.6) is 0 Å². The molecule has 1 N–H and O–H groups in total. The van der Waals surface area contributed by atoms with E-state index in [1.807, 2.05) is 11.3 Å². The molecule has 2 atom stereocenters. The molecule has 108 valence electrons. The lowest BCUT2D eigenvalue weighted by Gasteiger charge is -2.30. The number of rotatable bonds is 6. The molecule has 1 aliphatic rings. The SMILES string of the molecule is CCCN(CC1CCCN1)C(C)c1nc(C)sc1C. The summed E-state index contributed by atoms with van der Waals surface area (Å²) in [4.78, 5) is 8.73. The number of aromatic nitrogens is 1. The van der Waals surface area contributed by atoms with Crippen molar-refractivity contribution in [2.24, 2.45) is 0 Å². The highest BCUT2D eigenvalue weighted by Gasteiger charge is 2.24. The average Bonchev–Trinajstić information content (AvgIpc) is 2.97. The first-order valence-corrected chi connectivity index (χ1v) is 8.34. The van der Waals surface area contributed by atoms with Crippen LogP contribution in [0.2, 0.25) is 0 Å². The Kier molecular flexibility index (Phi) is 5.37. The van der Waals surface area contributed by atoms with Crippen LogP contribution in [0, 0.1) is 13.8 Å². The summed E-state index contributed by atoms with van der Waals surface area (Å²) in [6, 6.07) is 1.11. The third-order valence-electron chi connectivity index (χ3n) is 4.01. The molecule has 0 aliphatic carbocycles. The van der Waals surface area contributed by atoms with Gasteiger partial charge in [0, 0.05) is 17.5 Å². The van der Waals surface area contributed by atoms with Crippen molar-refractivity contribution < 1.29 is 0 Å². The quantitative estimate of drug-likeness (QED) is 0.867. The smallest absolute Gasteiger partial charge is 0.0900 e. The van der Waals surface area contributed by atoms with E-state index < -0.39 is 0 Å². The van der Waals surface area contributed by atoms with Gasteiger partial charge in [-0.25, -0.2) is 4.98 Å². The number of hydrogen-bond donors (Lipinski definition) is 1. The molecule has 19 heavy (non-hydrogen) atoms. The molecule has 0 amide bonds. The lowest BCUT2D eigenvalue weighted by atomic mass is 10.1. The molecule has 2 rings (SSSR count). The maximum atomic E-state index is 4.74. The van der Waals surface area contributed by atoms with Crippen molar-refractivity contribution in [3.63, 3.8) is 0 Å². The molecular formula is C15H27N3S. The van der Waals surface area contributed by atoms with Crippen LogP contribution in [0.1, 0.15) is 54.7 Å². The fraction of sp³-hybridized carbons (Fsp3) is 0.800. The van der Waals surface area contributed by atoms with Crippen LogP contribution in [-0.2, 0) is 0 Å². The first-order valence-electron chi connectivity index (χ1n) is 7.53. The normalized spacial score (nSPS) is 21.2. The standard InChI is InChI=1S/C15H27N3S/c1-5-9-18(10-14-7-6-8-16-14)11(2)15-12(3)19-13(4)17-15/h11,14,16H,5-10H2,1-4H3. The highest BCUT2D eigenvalue weighted by atomic mass is 32.1. The molecule has 0 spiro atoms. The van der Waals surface area contributed by atoms with Crippen LogP contribution in [0.4, 0.5) is 0 Å². The van der Waals surface area contributed by atoms with Crippen LogP contribution < -0.4 is 5.32 Å². The predicted molar refractivity (Wildman–Crippen MR) is 82.9 cm³/mol. The van der Waals surface area contributed by atoms with E-state index >= 15 is 0 Å². The van der Waals surface area contributed by atoms with Crippen LogP contribution in [0.25, 0.3) is 0 Å². The van der Waals surface area contributed by atoms with Crippen molar-refractivity contribution in [3.8, 4) is 0 Å². The summed E-state index contributed by atoms with van der Waals surface area (Å²) < 4.78 is 0. The van der Waals surface area contributed by atoms with E-state index in [1.165, 1.54) is 41.4 Å². The van der Waals surface area contributed by atoms with Crippen molar-refractivity contribution in [2.45, 2.75) is 59.0 Å². The first kappa shape index (κ1) is 14.9. The van der Waals surface area contributed by atoms with Crippen molar-refractivity contribution >= 4 is 11.3 Å². The number of nitrogens with one attached hydrogen (secondary N) is 1. The summed E-state index contributed by atoms with van der Waals surface area (Å²) in [7, 11) is 0. The van der Waals surface area contributed by atoms with Gasteiger partial charge in [0.2, 0.25) is 0 Å². The summed E-state index contributed by atoms with van der Waals surface area (Å²) in [5, 5.41) is 4.80. The fourth-order valence-corrected chi connectivity index (χ4v) is 3.94. The summed E-state index contributed by atoms with van der Waals surface area (Å²) in [5.74, 6) is 0. The van der Waals surface area contributed by atoms with Gasteiger partial charge in [-0.2, -0.15) is 0 Å². The second-order valence-electron chi connectivity index (χ2n) is 5.64. The average molecular weight is 281 g/mol. The Bertz CT molecular complexity index is 396. The van der Waals surface area contributed by atoms with Gasteiger partial charge in [-0.15, -0.1) is 11.3 Å². The molecule has 2 heterocycles. The lowest BCUT2D eigenvalue weighted by Crippen LogP contribution is -2.39. The zero-order valence-corrected chi connectivity index (χ0v) is 13.5. The highest BCUT2D eigenvalue weighted by Crippen LogP contribution is 2.27. The van der Waals surface area contributed by atoms with E-state index in [1.54, 1.807) is 0 Å². The van der Waals surface area contributed by atoms with E-state index in [2.05, 4.69) is 37.9 Å². The minimum Gasteiger partial charge on any atom is -0.313 e. The molecule has 3 nitrogen and oxygen atoms in total. The van der Waals surface area contributed by atoms with Gasteiger partial charge in [0.1, 0.15) is 0 Å². The molecule has 0 aromatic carbocycles. The molecule has 1 aromatic heterocycles. The Hall–Kier alpha value is -0.450. The van der Waals surface area contributed by atoms with Crippen LogP contribution in [0.3, 0.4) is 0 Å². The fourth-order valence-electron chi connectivity index (χ4n) is 3.03. The minimum absolute atomic E-state index is 0.437. The summed E-state index contributed by atoms with van der Waals surface area (Å²) in [5.41, 5.74) is 1.29. The van der Waals surface area contributed by atoms with Gasteiger partial charge in [0.15, 0.2) is 0 Å². The van der Waals surface area contributed by atoms with Gasteiger partial charge >= 0.3 is 0 Å². The van der Waals surface area contributed by atoms with Gasteiger partial charge in [0.25, 0.3) is 0 Å². The topological polar surface area (TPSA) is 28.2 Å².